The van der Waals surface area contributed by atoms with Crippen LogP contribution < -0.4 is 0 Å². The van der Waals surface area contributed by atoms with Gasteiger partial charge in [0.2, 0.25) is 0 Å². The molecule has 1 rings (SSSR count). The number of rotatable bonds is 3. The first-order valence-electron chi connectivity index (χ1n) is 4.09. The lowest BCUT2D eigenvalue weighted by Gasteiger charge is -2.08. The normalized spacial score (nSPS) is 12.9. The first kappa shape index (κ1) is 9.62. The van der Waals surface area contributed by atoms with E-state index in [9.17, 15) is 5.11 Å². The zero-order valence-corrected chi connectivity index (χ0v) is 8.09. The van der Waals surface area contributed by atoms with E-state index in [2.05, 4.69) is 12.6 Å². The van der Waals surface area contributed by atoms with Gasteiger partial charge in [0.05, 0.1) is 6.10 Å². The molecule has 0 aromatic heterocycles. The van der Waals surface area contributed by atoms with Gasteiger partial charge in [-0.3, -0.25) is 0 Å². The maximum absolute atomic E-state index is 9.56. The summed E-state index contributed by atoms with van der Waals surface area (Å²) >= 11 is 4.07. The van der Waals surface area contributed by atoms with Crippen LogP contribution in [-0.4, -0.2) is 10.9 Å². The molecule has 2 heteroatoms. The molecule has 0 fully saturated rings. The topological polar surface area (TPSA) is 20.2 Å². The Kier molecular flexibility index (Phi) is 3.63. The fourth-order valence-electron chi connectivity index (χ4n) is 1.08. The highest BCUT2D eigenvalue weighted by molar-refractivity contribution is 7.80. The molecule has 0 spiro atoms. The van der Waals surface area contributed by atoms with Crippen LogP contribution in [0.5, 0.6) is 0 Å². The monoisotopic (exact) mass is 182 g/mol. The first-order chi connectivity index (χ1) is 5.74. The Hall–Kier alpha value is -0.470. The van der Waals surface area contributed by atoms with Crippen molar-refractivity contribution in [2.24, 2.45) is 0 Å². The second kappa shape index (κ2) is 4.53. The van der Waals surface area contributed by atoms with Gasteiger partial charge in [0.15, 0.2) is 0 Å². The Morgan fingerprint density at radius 1 is 1.33 bits per heavy atom. The molecule has 0 saturated carbocycles. The van der Waals surface area contributed by atoms with Gasteiger partial charge in [-0.2, -0.15) is 12.6 Å². The van der Waals surface area contributed by atoms with Crippen LogP contribution >= 0.6 is 12.6 Å². The van der Waals surface area contributed by atoms with Gasteiger partial charge in [0.25, 0.3) is 0 Å². The van der Waals surface area contributed by atoms with Crippen molar-refractivity contribution in [1.29, 1.82) is 0 Å². The highest BCUT2D eigenvalue weighted by atomic mass is 32.1. The van der Waals surface area contributed by atoms with E-state index in [0.717, 1.165) is 11.3 Å². The van der Waals surface area contributed by atoms with Crippen molar-refractivity contribution in [3.63, 3.8) is 0 Å². The summed E-state index contributed by atoms with van der Waals surface area (Å²) in [5.74, 6) is 0.717. The second-order valence-electron chi connectivity index (χ2n) is 2.94. The number of hydrogen-bond donors (Lipinski definition) is 2. The molecule has 1 nitrogen and oxygen atoms in total. The van der Waals surface area contributed by atoms with Gasteiger partial charge < -0.3 is 5.11 Å². The van der Waals surface area contributed by atoms with E-state index >= 15 is 0 Å². The number of aliphatic hydroxyl groups is 1. The zero-order valence-electron chi connectivity index (χ0n) is 7.20. The maximum atomic E-state index is 9.56. The molecule has 0 radical (unpaired) electrons. The molecule has 0 saturated heterocycles. The molecule has 66 valence electrons. The predicted molar refractivity (Wildman–Crippen MR) is 54.6 cm³/mol. The summed E-state index contributed by atoms with van der Waals surface area (Å²) in [5, 5.41) is 9.56. The summed E-state index contributed by atoms with van der Waals surface area (Å²) in [6, 6.07) is 7.95. The summed E-state index contributed by atoms with van der Waals surface area (Å²) in [6.45, 7) is 2.04. The molecule has 1 N–H and O–H groups in total. The molecule has 1 atom stereocenters. The number of hydrogen-bond acceptors (Lipinski definition) is 2. The Labute approximate surface area is 78.8 Å². The Morgan fingerprint density at radius 3 is 2.42 bits per heavy atom. The van der Waals surface area contributed by atoms with Crippen LogP contribution in [0.2, 0.25) is 0 Å². The lowest BCUT2D eigenvalue weighted by molar-refractivity contribution is 0.175. The van der Waals surface area contributed by atoms with Gasteiger partial charge in [-0.05, 0) is 24.7 Å². The average Bonchev–Trinajstić information content (AvgIpc) is 2.06. The molecule has 0 bridgehead atoms. The number of thiol groups is 1. The Bertz CT molecular complexity index is 230. The predicted octanol–water partition coefficient (Wildman–Crippen LogP) is 2.35. The third-order valence-electron chi connectivity index (χ3n) is 1.86. The van der Waals surface area contributed by atoms with E-state index in [0.29, 0.717) is 6.42 Å². The highest BCUT2D eigenvalue weighted by Gasteiger charge is 2.04. The van der Waals surface area contributed by atoms with Crippen LogP contribution in [0.4, 0.5) is 0 Å². The molecule has 1 unspecified atom stereocenters. The van der Waals surface area contributed by atoms with Crippen LogP contribution in [0.25, 0.3) is 0 Å². The first-order valence-corrected chi connectivity index (χ1v) is 4.73. The summed E-state index contributed by atoms with van der Waals surface area (Å²) in [7, 11) is 0. The van der Waals surface area contributed by atoms with E-state index in [4.69, 9.17) is 0 Å². The van der Waals surface area contributed by atoms with E-state index in [1.807, 2.05) is 31.2 Å². The minimum atomic E-state index is -0.358. The fraction of sp³-hybridized carbons (Fsp3) is 0.400. The molecule has 1 aromatic carbocycles. The van der Waals surface area contributed by atoms with Gasteiger partial charge >= 0.3 is 0 Å². The molecule has 0 amide bonds. The fourth-order valence-corrected chi connectivity index (χ4v) is 1.32. The standard InChI is InChI=1S/C10H14OS/c1-8-2-4-9(5-3-8)10(11)6-7-12/h2-5,10-12H,6-7H2,1H3. The minimum absolute atomic E-state index is 0.358. The van der Waals surface area contributed by atoms with Crippen molar-refractivity contribution in [3.05, 3.63) is 35.4 Å². The summed E-state index contributed by atoms with van der Waals surface area (Å²) in [4.78, 5) is 0. The zero-order chi connectivity index (χ0) is 8.97. The Balaban J connectivity index is 2.68. The van der Waals surface area contributed by atoms with Crippen molar-refractivity contribution < 1.29 is 5.11 Å². The van der Waals surface area contributed by atoms with E-state index in [1.165, 1.54) is 5.56 Å². The van der Waals surface area contributed by atoms with E-state index in [1.54, 1.807) is 0 Å². The molecule has 0 heterocycles. The summed E-state index contributed by atoms with van der Waals surface area (Å²) < 4.78 is 0. The van der Waals surface area contributed by atoms with E-state index in [-0.39, 0.29) is 6.10 Å². The van der Waals surface area contributed by atoms with Crippen molar-refractivity contribution >= 4 is 12.6 Å². The molecule has 0 aliphatic rings. The van der Waals surface area contributed by atoms with Gasteiger partial charge in [0, 0.05) is 0 Å². The number of aryl methyl sites for hydroxylation is 1. The average molecular weight is 182 g/mol. The van der Waals surface area contributed by atoms with Crippen molar-refractivity contribution in [3.8, 4) is 0 Å². The third kappa shape index (κ3) is 2.54. The van der Waals surface area contributed by atoms with Gasteiger partial charge in [-0.15, -0.1) is 0 Å². The largest absolute Gasteiger partial charge is 0.388 e. The number of benzene rings is 1. The Morgan fingerprint density at radius 2 is 1.92 bits per heavy atom. The van der Waals surface area contributed by atoms with Crippen LogP contribution in [0.15, 0.2) is 24.3 Å². The third-order valence-corrected chi connectivity index (χ3v) is 2.12. The van der Waals surface area contributed by atoms with Crippen LogP contribution in [0.1, 0.15) is 23.7 Å². The van der Waals surface area contributed by atoms with Crippen molar-refractivity contribution in [1.82, 2.24) is 0 Å². The van der Waals surface area contributed by atoms with E-state index < -0.39 is 0 Å². The molecule has 12 heavy (non-hydrogen) atoms. The lowest BCUT2D eigenvalue weighted by atomic mass is 10.1. The summed E-state index contributed by atoms with van der Waals surface area (Å²) in [6.07, 6.45) is 0.356. The molecule has 0 aliphatic carbocycles. The lowest BCUT2D eigenvalue weighted by Crippen LogP contribution is -1.97. The quantitative estimate of drug-likeness (QED) is 0.688. The van der Waals surface area contributed by atoms with Crippen molar-refractivity contribution in [2.45, 2.75) is 19.4 Å². The van der Waals surface area contributed by atoms with Crippen LogP contribution in [0.3, 0.4) is 0 Å². The number of aliphatic hydroxyl groups excluding tert-OH is 1. The van der Waals surface area contributed by atoms with Gasteiger partial charge in [-0.25, -0.2) is 0 Å². The highest BCUT2D eigenvalue weighted by Crippen LogP contribution is 2.16. The summed E-state index contributed by atoms with van der Waals surface area (Å²) in [5.41, 5.74) is 2.20. The molecular weight excluding hydrogens is 168 g/mol. The molecule has 1 aromatic rings. The van der Waals surface area contributed by atoms with Gasteiger partial charge in [-0.1, -0.05) is 29.8 Å². The molecule has 0 aliphatic heterocycles. The van der Waals surface area contributed by atoms with Crippen LogP contribution in [-0.2, 0) is 0 Å². The van der Waals surface area contributed by atoms with Crippen LogP contribution in [0, 0.1) is 6.92 Å². The minimum Gasteiger partial charge on any atom is -0.388 e. The maximum Gasteiger partial charge on any atom is 0.0797 e. The smallest absolute Gasteiger partial charge is 0.0797 e. The van der Waals surface area contributed by atoms with Gasteiger partial charge in [0.1, 0.15) is 0 Å². The second-order valence-corrected chi connectivity index (χ2v) is 3.39. The SMILES string of the molecule is Cc1ccc(C(O)CCS)cc1. The van der Waals surface area contributed by atoms with Crippen molar-refractivity contribution in [2.75, 3.05) is 5.75 Å². The molecular formula is C10H14OS.